The van der Waals surface area contributed by atoms with Crippen molar-refractivity contribution in [3.8, 4) is 0 Å². The number of hydrogen-bond acceptors (Lipinski definition) is 1. The van der Waals surface area contributed by atoms with Gasteiger partial charge in [-0.3, -0.25) is 4.98 Å². The Labute approximate surface area is 97.5 Å². The van der Waals surface area contributed by atoms with E-state index in [2.05, 4.69) is 56.9 Å². The van der Waals surface area contributed by atoms with Gasteiger partial charge in [-0.25, -0.2) is 0 Å². The van der Waals surface area contributed by atoms with E-state index >= 15 is 0 Å². The molecule has 2 rings (SSSR count). The lowest BCUT2D eigenvalue weighted by molar-refractivity contribution is 0.859. The van der Waals surface area contributed by atoms with E-state index in [1.807, 2.05) is 6.20 Å². The van der Waals surface area contributed by atoms with E-state index in [0.717, 1.165) is 5.52 Å². The smallest absolute Gasteiger partial charge is 0.0705 e. The molecule has 0 aliphatic heterocycles. The van der Waals surface area contributed by atoms with Crippen LogP contribution in [-0.2, 0) is 0 Å². The Hall–Kier alpha value is -1.37. The summed E-state index contributed by atoms with van der Waals surface area (Å²) in [4.78, 5) is 4.55. The van der Waals surface area contributed by atoms with Gasteiger partial charge in [-0.1, -0.05) is 39.8 Å². The summed E-state index contributed by atoms with van der Waals surface area (Å²) in [5.74, 6) is 1.11. The minimum absolute atomic E-state index is 0.543. The third-order valence-electron chi connectivity index (χ3n) is 3.06. The van der Waals surface area contributed by atoms with Gasteiger partial charge in [0.05, 0.1) is 5.52 Å². The Bertz CT molecular complexity index is 451. The predicted molar refractivity (Wildman–Crippen MR) is 69.9 cm³/mol. The molecular weight excluding hydrogens is 194 g/mol. The zero-order valence-corrected chi connectivity index (χ0v) is 10.5. The molecule has 1 heterocycles. The van der Waals surface area contributed by atoms with Crippen molar-refractivity contribution in [1.82, 2.24) is 4.98 Å². The summed E-state index contributed by atoms with van der Waals surface area (Å²) in [5, 5.41) is 1.25. The lowest BCUT2D eigenvalue weighted by Gasteiger charge is -2.09. The number of aromatic nitrogens is 1. The van der Waals surface area contributed by atoms with E-state index < -0.39 is 0 Å². The molecule has 0 bridgehead atoms. The summed E-state index contributed by atoms with van der Waals surface area (Å²) < 4.78 is 0. The summed E-state index contributed by atoms with van der Waals surface area (Å²) in [6.45, 7) is 8.82. The molecule has 0 aliphatic rings. The van der Waals surface area contributed by atoms with Crippen molar-refractivity contribution in [2.75, 3.05) is 0 Å². The van der Waals surface area contributed by atoms with Gasteiger partial charge >= 0.3 is 0 Å². The molecule has 0 amide bonds. The number of pyridine rings is 1. The largest absolute Gasteiger partial charge is 0.256 e. The first-order valence-corrected chi connectivity index (χ1v) is 5.97. The molecule has 84 valence electrons. The SMILES string of the molecule is CC(C)c1cnc2cc(C(C)C)ccc2c1. The van der Waals surface area contributed by atoms with Crippen LogP contribution in [0.1, 0.15) is 50.7 Å². The number of hydrogen-bond donors (Lipinski definition) is 0. The molecular formula is C15H19N. The second-order valence-corrected chi connectivity index (χ2v) is 5.03. The maximum atomic E-state index is 4.55. The lowest BCUT2D eigenvalue weighted by Crippen LogP contribution is -1.92. The highest BCUT2D eigenvalue weighted by atomic mass is 14.6. The number of fused-ring (bicyclic) bond motifs is 1. The van der Waals surface area contributed by atoms with Crippen LogP contribution in [0.15, 0.2) is 30.5 Å². The first-order chi connectivity index (χ1) is 7.58. The molecule has 0 spiro atoms. The van der Waals surface area contributed by atoms with Crippen LogP contribution in [0.5, 0.6) is 0 Å². The van der Waals surface area contributed by atoms with Gasteiger partial charge in [-0.05, 0) is 35.1 Å². The summed E-state index contributed by atoms with van der Waals surface area (Å²) in [5.41, 5.74) is 3.78. The quantitative estimate of drug-likeness (QED) is 0.716. The zero-order valence-electron chi connectivity index (χ0n) is 10.5. The predicted octanol–water partition coefficient (Wildman–Crippen LogP) is 4.48. The van der Waals surface area contributed by atoms with Crippen LogP contribution in [0.25, 0.3) is 10.9 Å². The van der Waals surface area contributed by atoms with Crippen LogP contribution in [-0.4, -0.2) is 4.98 Å². The fourth-order valence-electron chi connectivity index (χ4n) is 1.83. The molecule has 0 saturated heterocycles. The van der Waals surface area contributed by atoms with Crippen molar-refractivity contribution in [1.29, 1.82) is 0 Å². The Morgan fingerprint density at radius 3 is 2.19 bits per heavy atom. The lowest BCUT2D eigenvalue weighted by atomic mass is 9.99. The van der Waals surface area contributed by atoms with Crippen molar-refractivity contribution in [2.24, 2.45) is 0 Å². The molecule has 16 heavy (non-hydrogen) atoms. The Morgan fingerprint density at radius 1 is 0.875 bits per heavy atom. The highest BCUT2D eigenvalue weighted by Crippen LogP contribution is 2.23. The maximum Gasteiger partial charge on any atom is 0.0705 e. The molecule has 0 aliphatic carbocycles. The third-order valence-corrected chi connectivity index (χ3v) is 3.06. The second-order valence-electron chi connectivity index (χ2n) is 5.03. The van der Waals surface area contributed by atoms with Crippen LogP contribution in [0, 0.1) is 0 Å². The average molecular weight is 213 g/mol. The van der Waals surface area contributed by atoms with Gasteiger partial charge in [0.25, 0.3) is 0 Å². The van der Waals surface area contributed by atoms with E-state index in [-0.39, 0.29) is 0 Å². The summed E-state index contributed by atoms with van der Waals surface area (Å²) in [6, 6.07) is 8.84. The monoisotopic (exact) mass is 213 g/mol. The van der Waals surface area contributed by atoms with Crippen molar-refractivity contribution in [3.05, 3.63) is 41.6 Å². The summed E-state index contributed by atoms with van der Waals surface area (Å²) in [7, 11) is 0. The van der Waals surface area contributed by atoms with Gasteiger partial charge in [0.15, 0.2) is 0 Å². The van der Waals surface area contributed by atoms with Crippen LogP contribution >= 0.6 is 0 Å². The molecule has 0 fully saturated rings. The van der Waals surface area contributed by atoms with E-state index in [9.17, 15) is 0 Å². The van der Waals surface area contributed by atoms with Crippen LogP contribution in [0.3, 0.4) is 0 Å². The van der Waals surface area contributed by atoms with Crippen molar-refractivity contribution in [2.45, 2.75) is 39.5 Å². The van der Waals surface area contributed by atoms with Crippen LogP contribution in [0.4, 0.5) is 0 Å². The highest BCUT2D eigenvalue weighted by molar-refractivity contribution is 5.79. The summed E-state index contributed by atoms with van der Waals surface area (Å²) >= 11 is 0. The first kappa shape index (κ1) is 11.1. The minimum Gasteiger partial charge on any atom is -0.256 e. The molecule has 1 aromatic carbocycles. The Kier molecular flexibility index (Phi) is 2.95. The number of benzene rings is 1. The fourth-order valence-corrected chi connectivity index (χ4v) is 1.83. The minimum atomic E-state index is 0.543. The number of rotatable bonds is 2. The van der Waals surface area contributed by atoms with Crippen molar-refractivity contribution in [3.63, 3.8) is 0 Å². The molecule has 0 saturated carbocycles. The Morgan fingerprint density at radius 2 is 1.56 bits per heavy atom. The van der Waals surface area contributed by atoms with Crippen molar-refractivity contribution < 1.29 is 0 Å². The molecule has 0 atom stereocenters. The van der Waals surface area contributed by atoms with Crippen LogP contribution in [0.2, 0.25) is 0 Å². The molecule has 1 aromatic heterocycles. The van der Waals surface area contributed by atoms with E-state index in [0.29, 0.717) is 11.8 Å². The normalized spacial score (nSPS) is 11.6. The topological polar surface area (TPSA) is 12.9 Å². The standard InChI is InChI=1S/C15H19N/c1-10(2)12-5-6-13-7-14(11(3)4)9-16-15(13)8-12/h5-11H,1-4H3. The van der Waals surface area contributed by atoms with E-state index in [1.165, 1.54) is 16.5 Å². The highest BCUT2D eigenvalue weighted by Gasteiger charge is 2.04. The fraction of sp³-hybridized carbons (Fsp3) is 0.400. The van der Waals surface area contributed by atoms with Crippen molar-refractivity contribution >= 4 is 10.9 Å². The van der Waals surface area contributed by atoms with Gasteiger partial charge in [0, 0.05) is 11.6 Å². The maximum absolute atomic E-state index is 4.55. The molecule has 0 N–H and O–H groups in total. The molecule has 2 aromatic rings. The van der Waals surface area contributed by atoms with Gasteiger partial charge < -0.3 is 0 Å². The third kappa shape index (κ3) is 2.08. The van der Waals surface area contributed by atoms with E-state index in [1.54, 1.807) is 0 Å². The first-order valence-electron chi connectivity index (χ1n) is 5.97. The molecule has 1 heteroatoms. The molecule has 0 unspecified atom stereocenters. The van der Waals surface area contributed by atoms with Crippen LogP contribution < -0.4 is 0 Å². The second kappa shape index (κ2) is 4.25. The van der Waals surface area contributed by atoms with Gasteiger partial charge in [-0.15, -0.1) is 0 Å². The summed E-state index contributed by atoms with van der Waals surface area (Å²) in [6.07, 6.45) is 2.00. The molecule has 1 nitrogen and oxygen atoms in total. The van der Waals surface area contributed by atoms with Gasteiger partial charge in [0.1, 0.15) is 0 Å². The Balaban J connectivity index is 2.53. The zero-order chi connectivity index (χ0) is 11.7. The van der Waals surface area contributed by atoms with Gasteiger partial charge in [-0.2, -0.15) is 0 Å². The molecule has 0 radical (unpaired) electrons. The van der Waals surface area contributed by atoms with E-state index in [4.69, 9.17) is 0 Å². The average Bonchev–Trinajstić information content (AvgIpc) is 2.27. The number of nitrogens with zero attached hydrogens (tertiary/aromatic N) is 1. The van der Waals surface area contributed by atoms with Gasteiger partial charge in [0.2, 0.25) is 0 Å².